The number of benzene rings is 1. The summed E-state index contributed by atoms with van der Waals surface area (Å²) in [6, 6.07) is 5.60. The molecule has 0 unspecified atom stereocenters. The molecule has 2 aromatic rings. The van der Waals surface area contributed by atoms with Gasteiger partial charge in [-0.25, -0.2) is 9.07 Å². The van der Waals surface area contributed by atoms with E-state index in [1.165, 1.54) is 40.7 Å². The lowest BCUT2D eigenvalue weighted by molar-refractivity contribution is -0.115. The van der Waals surface area contributed by atoms with Crippen molar-refractivity contribution >= 4 is 23.4 Å². The van der Waals surface area contributed by atoms with E-state index >= 15 is 0 Å². The molecular weight excluding hydrogens is 269 g/mol. The average molecular weight is 281 g/mol. The van der Waals surface area contributed by atoms with Gasteiger partial charge in [-0.3, -0.25) is 4.79 Å². The van der Waals surface area contributed by atoms with Crippen LogP contribution < -0.4 is 5.32 Å². The second-order valence-electron chi connectivity index (χ2n) is 3.84. The van der Waals surface area contributed by atoms with Crippen LogP contribution in [-0.2, 0) is 11.8 Å². The van der Waals surface area contributed by atoms with Gasteiger partial charge in [0.05, 0.1) is 5.25 Å². The van der Waals surface area contributed by atoms with E-state index in [0.29, 0.717) is 10.8 Å². The number of halogens is 1. The zero-order valence-corrected chi connectivity index (χ0v) is 11.2. The number of tetrazole rings is 1. The van der Waals surface area contributed by atoms with E-state index in [0.717, 1.165) is 0 Å². The molecule has 2 rings (SSSR count). The summed E-state index contributed by atoms with van der Waals surface area (Å²) in [4.78, 5) is 11.9. The first-order chi connectivity index (χ1) is 9.06. The monoisotopic (exact) mass is 281 g/mol. The number of aryl methyl sites for hydroxylation is 1. The highest BCUT2D eigenvalue weighted by Gasteiger charge is 2.17. The Morgan fingerprint density at radius 3 is 2.68 bits per heavy atom. The van der Waals surface area contributed by atoms with Gasteiger partial charge in [-0.2, -0.15) is 0 Å². The Labute approximate surface area is 113 Å². The summed E-state index contributed by atoms with van der Waals surface area (Å²) < 4.78 is 14.2. The molecule has 0 bridgehead atoms. The quantitative estimate of drug-likeness (QED) is 0.859. The molecule has 6 nitrogen and oxygen atoms in total. The summed E-state index contributed by atoms with van der Waals surface area (Å²) in [5, 5.41) is 13.9. The molecule has 0 aliphatic heterocycles. The van der Waals surface area contributed by atoms with Crippen LogP contribution in [-0.4, -0.2) is 31.4 Å². The average Bonchev–Trinajstić information content (AvgIpc) is 2.78. The van der Waals surface area contributed by atoms with Crippen LogP contribution in [0, 0.1) is 5.82 Å². The molecule has 0 radical (unpaired) electrons. The highest BCUT2D eigenvalue weighted by Crippen LogP contribution is 2.20. The third kappa shape index (κ3) is 3.50. The molecule has 1 N–H and O–H groups in total. The summed E-state index contributed by atoms with van der Waals surface area (Å²) in [6.45, 7) is 1.75. The minimum Gasteiger partial charge on any atom is -0.325 e. The van der Waals surface area contributed by atoms with Crippen molar-refractivity contribution in [2.45, 2.75) is 17.3 Å². The fourth-order valence-corrected chi connectivity index (χ4v) is 2.06. The van der Waals surface area contributed by atoms with E-state index in [-0.39, 0.29) is 17.0 Å². The topological polar surface area (TPSA) is 72.7 Å². The zero-order chi connectivity index (χ0) is 13.8. The Kier molecular flexibility index (Phi) is 4.10. The van der Waals surface area contributed by atoms with Gasteiger partial charge >= 0.3 is 0 Å². The maximum absolute atomic E-state index is 12.7. The van der Waals surface area contributed by atoms with Crippen LogP contribution in [0.15, 0.2) is 29.4 Å². The molecule has 0 fully saturated rings. The highest BCUT2D eigenvalue weighted by atomic mass is 32.2. The van der Waals surface area contributed by atoms with Crippen molar-refractivity contribution in [1.29, 1.82) is 0 Å². The number of carbonyl (C=O) groups is 1. The van der Waals surface area contributed by atoms with Crippen LogP contribution in [0.4, 0.5) is 10.1 Å². The van der Waals surface area contributed by atoms with E-state index in [1.54, 1.807) is 14.0 Å². The molecule has 0 aliphatic carbocycles. The molecule has 19 heavy (non-hydrogen) atoms. The standard InChI is InChI=1S/C11H12FN5OS/c1-7(19-11-14-15-16-17(11)2)10(18)13-9-5-3-8(12)4-6-9/h3-7H,1-2H3,(H,13,18)/t7-/m1/s1. The largest absolute Gasteiger partial charge is 0.325 e. The van der Waals surface area contributed by atoms with Crippen LogP contribution in [0.5, 0.6) is 0 Å². The van der Waals surface area contributed by atoms with E-state index in [1.807, 2.05) is 0 Å². The number of hydrogen-bond acceptors (Lipinski definition) is 5. The maximum atomic E-state index is 12.7. The summed E-state index contributed by atoms with van der Waals surface area (Å²) in [5.74, 6) is -0.537. The molecule has 0 saturated heterocycles. The number of nitrogens with one attached hydrogen (secondary N) is 1. The number of hydrogen-bond donors (Lipinski definition) is 1. The van der Waals surface area contributed by atoms with E-state index < -0.39 is 0 Å². The molecule has 0 spiro atoms. The van der Waals surface area contributed by atoms with Gasteiger partial charge in [-0.05, 0) is 41.6 Å². The van der Waals surface area contributed by atoms with Crippen molar-refractivity contribution in [2.24, 2.45) is 7.05 Å². The number of thioether (sulfide) groups is 1. The van der Waals surface area contributed by atoms with Gasteiger partial charge in [0, 0.05) is 12.7 Å². The number of aromatic nitrogens is 4. The predicted molar refractivity (Wildman–Crippen MR) is 69.1 cm³/mol. The van der Waals surface area contributed by atoms with Crippen molar-refractivity contribution in [3.05, 3.63) is 30.1 Å². The molecule has 1 aromatic carbocycles. The van der Waals surface area contributed by atoms with Crippen molar-refractivity contribution in [2.75, 3.05) is 5.32 Å². The first kappa shape index (κ1) is 13.5. The van der Waals surface area contributed by atoms with E-state index in [9.17, 15) is 9.18 Å². The minimum absolute atomic E-state index is 0.195. The lowest BCUT2D eigenvalue weighted by Crippen LogP contribution is -2.22. The Morgan fingerprint density at radius 1 is 1.42 bits per heavy atom. The third-order valence-electron chi connectivity index (χ3n) is 2.34. The van der Waals surface area contributed by atoms with Gasteiger partial charge in [-0.1, -0.05) is 11.8 Å². The Hall–Kier alpha value is -1.96. The number of amides is 1. The third-order valence-corrected chi connectivity index (χ3v) is 3.47. The van der Waals surface area contributed by atoms with Crippen LogP contribution in [0.2, 0.25) is 0 Å². The minimum atomic E-state index is -0.366. The number of nitrogens with zero attached hydrogens (tertiary/aromatic N) is 4. The Bertz CT molecular complexity index is 571. The summed E-state index contributed by atoms with van der Waals surface area (Å²) in [7, 11) is 1.70. The Morgan fingerprint density at radius 2 is 2.11 bits per heavy atom. The van der Waals surface area contributed by atoms with Crippen molar-refractivity contribution in [3.8, 4) is 0 Å². The smallest absolute Gasteiger partial charge is 0.237 e. The van der Waals surface area contributed by atoms with Gasteiger partial charge in [0.1, 0.15) is 5.82 Å². The van der Waals surface area contributed by atoms with E-state index in [4.69, 9.17) is 0 Å². The second-order valence-corrected chi connectivity index (χ2v) is 5.15. The van der Waals surface area contributed by atoms with Crippen molar-refractivity contribution in [3.63, 3.8) is 0 Å². The second kappa shape index (κ2) is 5.79. The maximum Gasteiger partial charge on any atom is 0.237 e. The highest BCUT2D eigenvalue weighted by molar-refractivity contribution is 8.00. The first-order valence-electron chi connectivity index (χ1n) is 5.51. The van der Waals surface area contributed by atoms with Gasteiger partial charge in [0.2, 0.25) is 11.1 Å². The molecule has 1 atom stereocenters. The zero-order valence-electron chi connectivity index (χ0n) is 10.4. The molecular formula is C11H12FN5OS. The molecule has 1 heterocycles. The molecule has 0 saturated carbocycles. The number of anilines is 1. The summed E-state index contributed by atoms with van der Waals surface area (Å²) in [5.41, 5.74) is 0.551. The number of carbonyl (C=O) groups excluding carboxylic acids is 1. The SMILES string of the molecule is C[C@@H](Sc1nnnn1C)C(=O)Nc1ccc(F)cc1. The van der Waals surface area contributed by atoms with Gasteiger partial charge in [0.15, 0.2) is 0 Å². The number of rotatable bonds is 4. The molecule has 100 valence electrons. The van der Waals surface area contributed by atoms with Crippen molar-refractivity contribution < 1.29 is 9.18 Å². The van der Waals surface area contributed by atoms with E-state index in [2.05, 4.69) is 20.8 Å². The molecule has 1 amide bonds. The summed E-state index contributed by atoms with van der Waals surface area (Å²) in [6.07, 6.45) is 0. The fraction of sp³-hybridized carbons (Fsp3) is 0.273. The molecule has 1 aromatic heterocycles. The summed E-state index contributed by atoms with van der Waals surface area (Å²) >= 11 is 1.25. The van der Waals surface area contributed by atoms with Crippen LogP contribution in [0.1, 0.15) is 6.92 Å². The van der Waals surface area contributed by atoms with Gasteiger partial charge < -0.3 is 5.32 Å². The fourth-order valence-electron chi connectivity index (χ4n) is 1.31. The first-order valence-corrected chi connectivity index (χ1v) is 6.39. The van der Waals surface area contributed by atoms with Gasteiger partial charge in [0.25, 0.3) is 0 Å². The lowest BCUT2D eigenvalue weighted by atomic mass is 10.3. The van der Waals surface area contributed by atoms with Crippen LogP contribution in [0.25, 0.3) is 0 Å². The van der Waals surface area contributed by atoms with Gasteiger partial charge in [-0.15, -0.1) is 5.10 Å². The van der Waals surface area contributed by atoms with Crippen molar-refractivity contribution in [1.82, 2.24) is 20.2 Å². The molecule has 0 aliphatic rings. The Balaban J connectivity index is 1.96. The molecule has 8 heteroatoms. The van der Waals surface area contributed by atoms with Crippen LogP contribution in [0.3, 0.4) is 0 Å². The normalized spacial score (nSPS) is 12.2. The van der Waals surface area contributed by atoms with Crippen LogP contribution >= 0.6 is 11.8 Å². The lowest BCUT2D eigenvalue weighted by Gasteiger charge is -2.10. The predicted octanol–water partition coefficient (Wildman–Crippen LogP) is 1.47.